The molecule has 0 aliphatic heterocycles. The van der Waals surface area contributed by atoms with Crippen LogP contribution in [0.15, 0.2) is 6.07 Å². The highest BCUT2D eigenvalue weighted by molar-refractivity contribution is 6.35. The number of rotatable bonds is 2. The van der Waals surface area contributed by atoms with Gasteiger partial charge in [0, 0.05) is 0 Å². The van der Waals surface area contributed by atoms with E-state index in [0.29, 0.717) is 0 Å². The lowest BCUT2D eigenvalue weighted by atomic mass is 10.2. The number of carbonyl (C=O) groups is 1. The van der Waals surface area contributed by atoms with Crippen LogP contribution in [0.25, 0.3) is 0 Å². The molecule has 1 atom stereocenters. The van der Waals surface area contributed by atoms with Gasteiger partial charge in [0.05, 0.1) is 29.6 Å². The second kappa shape index (κ2) is 4.46. The molecule has 0 aliphatic carbocycles. The first-order valence-corrected chi connectivity index (χ1v) is 4.57. The van der Waals surface area contributed by atoms with E-state index in [2.05, 4.69) is 9.72 Å². The SMILES string of the molecule is COC(=O)c1nc(C(C)O)cc(N)c1Cl. The van der Waals surface area contributed by atoms with Crippen LogP contribution in [0.5, 0.6) is 0 Å². The van der Waals surface area contributed by atoms with Crippen LogP contribution < -0.4 is 5.73 Å². The van der Waals surface area contributed by atoms with Crippen molar-refractivity contribution in [2.75, 3.05) is 12.8 Å². The van der Waals surface area contributed by atoms with Crippen molar-refractivity contribution in [1.29, 1.82) is 0 Å². The molecular weight excluding hydrogens is 220 g/mol. The number of carbonyl (C=O) groups excluding carboxylic acids is 1. The fourth-order valence-electron chi connectivity index (χ4n) is 1.02. The molecule has 0 aromatic carbocycles. The Bertz CT molecular complexity index is 393. The van der Waals surface area contributed by atoms with Gasteiger partial charge in [0.25, 0.3) is 0 Å². The largest absolute Gasteiger partial charge is 0.464 e. The lowest BCUT2D eigenvalue weighted by molar-refractivity contribution is 0.0593. The van der Waals surface area contributed by atoms with E-state index in [9.17, 15) is 9.90 Å². The van der Waals surface area contributed by atoms with Crippen LogP contribution in [0.4, 0.5) is 5.69 Å². The van der Waals surface area contributed by atoms with E-state index in [1.54, 1.807) is 0 Å². The molecule has 0 fully saturated rings. The van der Waals surface area contributed by atoms with Crippen molar-refractivity contribution in [3.05, 3.63) is 22.5 Å². The zero-order chi connectivity index (χ0) is 11.6. The van der Waals surface area contributed by atoms with E-state index in [0.717, 1.165) is 0 Å². The highest BCUT2D eigenvalue weighted by atomic mass is 35.5. The Kier molecular flexibility index (Phi) is 3.49. The topological polar surface area (TPSA) is 85.4 Å². The molecule has 1 aromatic heterocycles. The number of nitrogens with two attached hydrogens (primary N) is 1. The molecule has 6 heteroatoms. The summed E-state index contributed by atoms with van der Waals surface area (Å²) in [5.74, 6) is -0.686. The van der Waals surface area contributed by atoms with Crippen molar-refractivity contribution in [3.63, 3.8) is 0 Å². The third-order valence-electron chi connectivity index (χ3n) is 1.81. The summed E-state index contributed by atoms with van der Waals surface area (Å²) < 4.78 is 4.48. The number of halogens is 1. The quantitative estimate of drug-likeness (QED) is 0.745. The van der Waals surface area contributed by atoms with E-state index in [1.807, 2.05) is 0 Å². The maximum Gasteiger partial charge on any atom is 0.358 e. The van der Waals surface area contributed by atoms with E-state index >= 15 is 0 Å². The standard InChI is InChI=1S/C9H11ClN2O3/c1-4(13)6-3-5(11)7(10)8(12-6)9(14)15-2/h3-4,13H,1-2H3,(H2,11,12). The molecule has 0 amide bonds. The molecule has 15 heavy (non-hydrogen) atoms. The first-order valence-electron chi connectivity index (χ1n) is 4.19. The van der Waals surface area contributed by atoms with Gasteiger partial charge < -0.3 is 15.6 Å². The summed E-state index contributed by atoms with van der Waals surface area (Å²) in [4.78, 5) is 15.1. The first-order chi connectivity index (χ1) is 6.97. The van der Waals surface area contributed by atoms with Crippen molar-refractivity contribution < 1.29 is 14.6 Å². The Balaban J connectivity index is 3.31. The minimum Gasteiger partial charge on any atom is -0.464 e. The average Bonchev–Trinajstić information content (AvgIpc) is 2.20. The summed E-state index contributed by atoms with van der Waals surface area (Å²) >= 11 is 5.77. The van der Waals surface area contributed by atoms with Crippen LogP contribution >= 0.6 is 11.6 Å². The molecule has 1 rings (SSSR count). The van der Waals surface area contributed by atoms with Crippen LogP contribution in [-0.4, -0.2) is 23.2 Å². The number of nitrogen functional groups attached to an aromatic ring is 1. The second-order valence-electron chi connectivity index (χ2n) is 2.97. The van der Waals surface area contributed by atoms with Gasteiger partial charge in [-0.2, -0.15) is 0 Å². The molecule has 0 saturated heterocycles. The molecule has 1 unspecified atom stereocenters. The third-order valence-corrected chi connectivity index (χ3v) is 2.21. The fourth-order valence-corrected chi connectivity index (χ4v) is 1.19. The molecular formula is C9H11ClN2O3. The Morgan fingerprint density at radius 2 is 2.33 bits per heavy atom. The molecule has 82 valence electrons. The number of aromatic nitrogens is 1. The predicted octanol–water partition coefficient (Wildman–Crippen LogP) is 1.16. The number of hydrogen-bond donors (Lipinski definition) is 2. The third kappa shape index (κ3) is 2.37. The number of methoxy groups -OCH3 is 1. The van der Waals surface area contributed by atoms with Gasteiger partial charge in [0.2, 0.25) is 0 Å². The molecule has 1 heterocycles. The van der Waals surface area contributed by atoms with E-state index in [-0.39, 0.29) is 22.1 Å². The number of aliphatic hydroxyl groups excluding tert-OH is 1. The summed E-state index contributed by atoms with van der Waals surface area (Å²) in [5, 5.41) is 9.34. The second-order valence-corrected chi connectivity index (χ2v) is 3.34. The van der Waals surface area contributed by atoms with Crippen molar-refractivity contribution in [1.82, 2.24) is 4.98 Å². The van der Waals surface area contributed by atoms with E-state index < -0.39 is 12.1 Å². The predicted molar refractivity (Wildman–Crippen MR) is 55.6 cm³/mol. The van der Waals surface area contributed by atoms with Gasteiger partial charge in [-0.3, -0.25) is 0 Å². The molecule has 1 aromatic rings. The Morgan fingerprint density at radius 3 is 2.80 bits per heavy atom. The summed E-state index contributed by atoms with van der Waals surface area (Å²) in [6.07, 6.45) is -0.826. The lowest BCUT2D eigenvalue weighted by Gasteiger charge is -2.09. The summed E-state index contributed by atoms with van der Waals surface area (Å²) in [5.41, 5.74) is 5.93. The van der Waals surface area contributed by atoms with Crippen LogP contribution in [0.2, 0.25) is 5.02 Å². The lowest BCUT2D eigenvalue weighted by Crippen LogP contribution is -2.10. The van der Waals surface area contributed by atoms with Crippen molar-refractivity contribution in [2.45, 2.75) is 13.0 Å². The van der Waals surface area contributed by atoms with E-state index in [4.69, 9.17) is 17.3 Å². The number of nitrogens with zero attached hydrogens (tertiary/aromatic N) is 1. The number of esters is 1. The smallest absolute Gasteiger partial charge is 0.358 e. The monoisotopic (exact) mass is 230 g/mol. The van der Waals surface area contributed by atoms with Crippen LogP contribution in [0.3, 0.4) is 0 Å². The molecule has 0 aliphatic rings. The van der Waals surface area contributed by atoms with E-state index in [1.165, 1.54) is 20.1 Å². The molecule has 0 radical (unpaired) electrons. The number of ether oxygens (including phenoxy) is 1. The van der Waals surface area contributed by atoms with Crippen LogP contribution in [0.1, 0.15) is 29.2 Å². The van der Waals surface area contributed by atoms with Crippen molar-refractivity contribution >= 4 is 23.3 Å². The Hall–Kier alpha value is -1.33. The molecule has 0 saturated carbocycles. The summed E-state index contributed by atoms with van der Waals surface area (Å²) in [6.45, 7) is 1.51. The van der Waals surface area contributed by atoms with Gasteiger partial charge in [-0.05, 0) is 13.0 Å². The molecule has 5 nitrogen and oxygen atoms in total. The maximum atomic E-state index is 11.3. The maximum absolute atomic E-state index is 11.3. The molecule has 0 bridgehead atoms. The zero-order valence-corrected chi connectivity index (χ0v) is 9.08. The van der Waals surface area contributed by atoms with Gasteiger partial charge in [-0.1, -0.05) is 11.6 Å². The average molecular weight is 231 g/mol. The van der Waals surface area contributed by atoms with Gasteiger partial charge in [-0.15, -0.1) is 0 Å². The first kappa shape index (κ1) is 11.7. The number of pyridine rings is 1. The van der Waals surface area contributed by atoms with Crippen LogP contribution in [-0.2, 0) is 4.74 Å². The van der Waals surface area contributed by atoms with Crippen LogP contribution in [0, 0.1) is 0 Å². The van der Waals surface area contributed by atoms with Gasteiger partial charge in [0.1, 0.15) is 0 Å². The summed E-state index contributed by atoms with van der Waals surface area (Å²) in [7, 11) is 1.21. The Morgan fingerprint density at radius 1 is 1.73 bits per heavy atom. The number of anilines is 1. The number of hydrogen-bond acceptors (Lipinski definition) is 5. The fraction of sp³-hybridized carbons (Fsp3) is 0.333. The highest BCUT2D eigenvalue weighted by Gasteiger charge is 2.18. The minimum atomic E-state index is -0.826. The Labute approximate surface area is 91.8 Å². The zero-order valence-electron chi connectivity index (χ0n) is 8.32. The van der Waals surface area contributed by atoms with Gasteiger partial charge >= 0.3 is 5.97 Å². The highest BCUT2D eigenvalue weighted by Crippen LogP contribution is 2.25. The minimum absolute atomic E-state index is 0.0336. The normalized spacial score (nSPS) is 12.3. The van der Waals surface area contributed by atoms with Crippen molar-refractivity contribution in [3.8, 4) is 0 Å². The molecule has 3 N–H and O–H groups in total. The summed E-state index contributed by atoms with van der Waals surface area (Å²) in [6, 6.07) is 1.42. The van der Waals surface area contributed by atoms with Gasteiger partial charge in [-0.25, -0.2) is 9.78 Å². The van der Waals surface area contributed by atoms with Gasteiger partial charge in [0.15, 0.2) is 5.69 Å². The number of aliphatic hydroxyl groups is 1. The molecule has 0 spiro atoms. The van der Waals surface area contributed by atoms with Crippen molar-refractivity contribution in [2.24, 2.45) is 0 Å².